The Morgan fingerprint density at radius 1 is 1.40 bits per heavy atom. The van der Waals surface area contributed by atoms with Crippen molar-refractivity contribution in [3.63, 3.8) is 0 Å². The van der Waals surface area contributed by atoms with Gasteiger partial charge in [-0.1, -0.05) is 0 Å². The average Bonchev–Trinajstić information content (AvgIpc) is 1.86. The Labute approximate surface area is 54.5 Å². The van der Waals surface area contributed by atoms with Crippen LogP contribution < -0.4 is 11.5 Å². The first-order valence-corrected chi connectivity index (χ1v) is 2.26. The number of hydrogen-bond acceptors (Lipinski definition) is 2. The van der Waals surface area contributed by atoms with Crippen LogP contribution in [0.5, 0.6) is 0 Å². The molecular formula is C4H6F4N2. The molecule has 0 saturated carbocycles. The highest BCUT2D eigenvalue weighted by atomic mass is 19.3. The van der Waals surface area contributed by atoms with Crippen molar-refractivity contribution >= 4 is 0 Å². The van der Waals surface area contributed by atoms with Crippen LogP contribution in [0.2, 0.25) is 0 Å². The van der Waals surface area contributed by atoms with Crippen molar-refractivity contribution in [2.45, 2.75) is 12.3 Å². The van der Waals surface area contributed by atoms with Gasteiger partial charge in [-0.2, -0.15) is 8.78 Å². The van der Waals surface area contributed by atoms with Crippen LogP contribution in [0.3, 0.4) is 0 Å². The Balaban J connectivity index is 4.40. The lowest BCUT2D eigenvalue weighted by atomic mass is 10.3. The molecule has 0 heterocycles. The molecule has 60 valence electrons. The number of allylic oxidation sites excluding steroid dienone is 1. The lowest BCUT2D eigenvalue weighted by Crippen LogP contribution is -2.33. The van der Waals surface area contributed by atoms with E-state index in [4.69, 9.17) is 0 Å². The van der Waals surface area contributed by atoms with Crippen molar-refractivity contribution < 1.29 is 17.6 Å². The molecule has 0 aromatic rings. The molecular weight excluding hydrogens is 152 g/mol. The maximum atomic E-state index is 11.9. The third-order valence-electron chi connectivity index (χ3n) is 0.839. The number of hydrogen-bond donors (Lipinski definition) is 2. The molecule has 0 spiro atoms. The maximum absolute atomic E-state index is 11.9. The van der Waals surface area contributed by atoms with Crippen molar-refractivity contribution in [3.8, 4) is 0 Å². The highest BCUT2D eigenvalue weighted by molar-refractivity contribution is 5.07. The zero-order valence-electron chi connectivity index (χ0n) is 4.82. The molecule has 4 N–H and O–H groups in total. The predicted molar refractivity (Wildman–Crippen MR) is 27.4 cm³/mol. The molecule has 6 heteroatoms. The van der Waals surface area contributed by atoms with Crippen molar-refractivity contribution in [3.05, 3.63) is 11.9 Å². The molecule has 0 aromatic carbocycles. The van der Waals surface area contributed by atoms with Crippen LogP contribution in [0.4, 0.5) is 17.6 Å². The molecule has 10 heavy (non-hydrogen) atoms. The smallest absolute Gasteiger partial charge is 0.347 e. The van der Waals surface area contributed by atoms with Crippen molar-refractivity contribution in [2.75, 3.05) is 0 Å². The molecule has 0 atom stereocenters. The Hall–Kier alpha value is -0.940. The van der Waals surface area contributed by atoms with Gasteiger partial charge in [-0.3, -0.25) is 0 Å². The van der Waals surface area contributed by atoms with E-state index in [9.17, 15) is 17.6 Å². The first kappa shape index (κ1) is 9.06. The predicted octanol–water partition coefficient (Wildman–Crippen LogP) is 0.646. The normalized spacial score (nSPS) is 14.3. The maximum Gasteiger partial charge on any atom is 0.347 e. The van der Waals surface area contributed by atoms with Crippen LogP contribution >= 0.6 is 0 Å². The lowest BCUT2D eigenvalue weighted by Gasteiger charge is -2.13. The first-order valence-electron chi connectivity index (χ1n) is 2.26. The highest BCUT2D eigenvalue weighted by Gasteiger charge is 2.43. The second kappa shape index (κ2) is 2.76. The van der Waals surface area contributed by atoms with Gasteiger partial charge < -0.3 is 11.5 Å². The third-order valence-corrected chi connectivity index (χ3v) is 0.839. The van der Waals surface area contributed by atoms with Crippen LogP contribution in [0.15, 0.2) is 11.9 Å². The van der Waals surface area contributed by atoms with Crippen LogP contribution in [0, 0.1) is 0 Å². The molecule has 0 bridgehead atoms. The van der Waals surface area contributed by atoms with E-state index in [1.807, 2.05) is 0 Å². The molecule has 0 fully saturated rings. The molecule has 0 aliphatic carbocycles. The molecule has 0 aromatic heterocycles. The summed E-state index contributed by atoms with van der Waals surface area (Å²) in [4.78, 5) is 0. The van der Waals surface area contributed by atoms with Gasteiger partial charge >= 0.3 is 12.3 Å². The summed E-state index contributed by atoms with van der Waals surface area (Å²) < 4.78 is 46.5. The summed E-state index contributed by atoms with van der Waals surface area (Å²) in [5, 5.41) is 0. The van der Waals surface area contributed by atoms with E-state index in [0.717, 1.165) is 0 Å². The summed E-state index contributed by atoms with van der Waals surface area (Å²) in [6.07, 6.45) is -3.56. The van der Waals surface area contributed by atoms with Gasteiger partial charge in [0.15, 0.2) is 0 Å². The minimum Gasteiger partial charge on any atom is -0.403 e. The summed E-state index contributed by atoms with van der Waals surface area (Å²) >= 11 is 0. The Morgan fingerprint density at radius 3 is 1.90 bits per heavy atom. The summed E-state index contributed by atoms with van der Waals surface area (Å²) in [7, 11) is 0. The van der Waals surface area contributed by atoms with E-state index in [0.29, 0.717) is 0 Å². The number of nitrogens with two attached hydrogens (primary N) is 2. The molecule has 0 unspecified atom stereocenters. The molecule has 0 rings (SSSR count). The van der Waals surface area contributed by atoms with E-state index in [2.05, 4.69) is 11.5 Å². The van der Waals surface area contributed by atoms with Gasteiger partial charge in [0.25, 0.3) is 0 Å². The Kier molecular flexibility index (Phi) is 2.50. The molecule has 0 aliphatic rings. The van der Waals surface area contributed by atoms with Crippen molar-refractivity contribution in [1.82, 2.24) is 0 Å². The quantitative estimate of drug-likeness (QED) is 0.579. The van der Waals surface area contributed by atoms with E-state index < -0.39 is 18.0 Å². The largest absolute Gasteiger partial charge is 0.403 e. The van der Waals surface area contributed by atoms with Crippen LogP contribution in [-0.4, -0.2) is 12.3 Å². The van der Waals surface area contributed by atoms with Crippen LogP contribution in [0.1, 0.15) is 0 Å². The zero-order chi connectivity index (χ0) is 8.36. The summed E-state index contributed by atoms with van der Waals surface area (Å²) in [5.41, 5.74) is 7.64. The van der Waals surface area contributed by atoms with Gasteiger partial charge in [0.2, 0.25) is 0 Å². The highest BCUT2D eigenvalue weighted by Crippen LogP contribution is 2.27. The fraction of sp³-hybridized carbons (Fsp3) is 0.500. The standard InChI is InChI=1S/C4H6F4N2/c5-3(6)4(7,8)2(10)1-9/h1,3H,9-10H2/b2-1+. The van der Waals surface area contributed by atoms with Gasteiger partial charge in [-0.25, -0.2) is 8.78 Å². The minimum atomic E-state index is -4.31. The average molecular weight is 158 g/mol. The van der Waals surface area contributed by atoms with Gasteiger partial charge in [-0.05, 0) is 0 Å². The summed E-state index contributed by atoms with van der Waals surface area (Å²) in [5.74, 6) is -4.31. The summed E-state index contributed by atoms with van der Waals surface area (Å²) in [6, 6.07) is 0. The van der Waals surface area contributed by atoms with Crippen LogP contribution in [-0.2, 0) is 0 Å². The van der Waals surface area contributed by atoms with E-state index in [1.54, 1.807) is 0 Å². The minimum absolute atomic E-state index is 0.256. The summed E-state index contributed by atoms with van der Waals surface area (Å²) in [6.45, 7) is 0. The van der Waals surface area contributed by atoms with Crippen LogP contribution in [0.25, 0.3) is 0 Å². The second-order valence-electron chi connectivity index (χ2n) is 1.55. The molecule has 0 radical (unpaired) electrons. The van der Waals surface area contributed by atoms with E-state index in [-0.39, 0.29) is 6.20 Å². The van der Waals surface area contributed by atoms with Gasteiger partial charge in [-0.15, -0.1) is 0 Å². The number of halogens is 4. The monoisotopic (exact) mass is 158 g/mol. The van der Waals surface area contributed by atoms with Gasteiger partial charge in [0, 0.05) is 6.20 Å². The van der Waals surface area contributed by atoms with Gasteiger partial charge in [0.1, 0.15) is 5.70 Å². The molecule has 0 amide bonds. The molecule has 2 nitrogen and oxygen atoms in total. The number of rotatable bonds is 2. The fourth-order valence-corrected chi connectivity index (χ4v) is 0.237. The Morgan fingerprint density at radius 2 is 1.80 bits per heavy atom. The van der Waals surface area contributed by atoms with Crippen molar-refractivity contribution in [1.29, 1.82) is 0 Å². The van der Waals surface area contributed by atoms with Crippen molar-refractivity contribution in [2.24, 2.45) is 11.5 Å². The molecule has 0 saturated heterocycles. The SMILES string of the molecule is N/C=C(/N)C(F)(F)C(F)F. The Bertz CT molecular complexity index is 142. The lowest BCUT2D eigenvalue weighted by molar-refractivity contribution is -0.100. The molecule has 0 aliphatic heterocycles. The van der Waals surface area contributed by atoms with E-state index >= 15 is 0 Å². The van der Waals surface area contributed by atoms with E-state index in [1.165, 1.54) is 0 Å². The first-order chi connectivity index (χ1) is 4.42. The van der Waals surface area contributed by atoms with Gasteiger partial charge in [0.05, 0.1) is 0 Å². The zero-order valence-corrected chi connectivity index (χ0v) is 4.82. The second-order valence-corrected chi connectivity index (χ2v) is 1.55. The number of alkyl halides is 4. The topological polar surface area (TPSA) is 52.0 Å². The third kappa shape index (κ3) is 1.52. The fourth-order valence-electron chi connectivity index (χ4n) is 0.237.